The highest BCUT2D eigenvalue weighted by Gasteiger charge is 2.32. The van der Waals surface area contributed by atoms with Gasteiger partial charge in [0.1, 0.15) is 17.4 Å². The molecule has 1 aliphatic heterocycles. The molecular formula is C15H22ClN3O3. The lowest BCUT2D eigenvalue weighted by molar-refractivity contribution is 0.0183. The number of rotatable bonds is 3. The van der Waals surface area contributed by atoms with Crippen molar-refractivity contribution in [2.45, 2.75) is 52.2 Å². The summed E-state index contributed by atoms with van der Waals surface area (Å²) in [5, 5.41) is 0.345. The third-order valence-corrected chi connectivity index (χ3v) is 3.41. The smallest absolute Gasteiger partial charge is 0.410 e. The first-order chi connectivity index (χ1) is 10.2. The van der Waals surface area contributed by atoms with Crippen molar-refractivity contribution < 1.29 is 14.3 Å². The van der Waals surface area contributed by atoms with E-state index in [4.69, 9.17) is 21.1 Å². The van der Waals surface area contributed by atoms with Gasteiger partial charge in [-0.25, -0.2) is 9.78 Å². The lowest BCUT2D eigenvalue weighted by Crippen LogP contribution is -2.42. The van der Waals surface area contributed by atoms with Gasteiger partial charge in [0.15, 0.2) is 0 Å². The Labute approximate surface area is 135 Å². The van der Waals surface area contributed by atoms with E-state index in [1.54, 1.807) is 11.0 Å². The summed E-state index contributed by atoms with van der Waals surface area (Å²) in [5.74, 6) is 0. The van der Waals surface area contributed by atoms with Crippen molar-refractivity contribution in [3.63, 3.8) is 0 Å². The van der Waals surface area contributed by atoms with Crippen LogP contribution in [0.4, 0.5) is 4.79 Å². The van der Waals surface area contributed by atoms with Gasteiger partial charge >= 0.3 is 12.1 Å². The van der Waals surface area contributed by atoms with Crippen LogP contribution in [0.15, 0.2) is 6.07 Å². The van der Waals surface area contributed by atoms with Gasteiger partial charge < -0.3 is 14.4 Å². The van der Waals surface area contributed by atoms with Gasteiger partial charge in [0.2, 0.25) is 0 Å². The first-order valence-electron chi connectivity index (χ1n) is 7.38. The first kappa shape index (κ1) is 16.8. The Balaban J connectivity index is 1.95. The van der Waals surface area contributed by atoms with Crippen LogP contribution in [-0.4, -0.2) is 45.8 Å². The van der Waals surface area contributed by atoms with E-state index in [0.717, 1.165) is 18.5 Å². The topological polar surface area (TPSA) is 64.5 Å². The summed E-state index contributed by atoms with van der Waals surface area (Å²) >= 11 is 5.88. The number of likely N-dealkylation sites (tertiary alicyclic amines) is 1. The number of halogens is 1. The largest absolute Gasteiger partial charge is 0.461 e. The maximum atomic E-state index is 12.2. The third-order valence-electron chi connectivity index (χ3n) is 3.21. The first-order valence-corrected chi connectivity index (χ1v) is 7.76. The zero-order valence-electron chi connectivity index (χ0n) is 13.4. The predicted octanol–water partition coefficient (Wildman–Crippen LogP) is 3.22. The molecule has 1 aromatic rings. The van der Waals surface area contributed by atoms with E-state index in [1.165, 1.54) is 0 Å². The molecule has 0 spiro atoms. The molecule has 0 aliphatic carbocycles. The van der Waals surface area contributed by atoms with Crippen LogP contribution in [-0.2, 0) is 4.74 Å². The molecule has 0 saturated carbocycles. The minimum absolute atomic E-state index is 0.0299. The van der Waals surface area contributed by atoms with Crippen molar-refractivity contribution in [1.82, 2.24) is 14.9 Å². The van der Waals surface area contributed by atoms with Gasteiger partial charge in [-0.1, -0.05) is 11.6 Å². The quantitative estimate of drug-likeness (QED) is 0.797. The van der Waals surface area contributed by atoms with Crippen molar-refractivity contribution in [3.05, 3.63) is 16.9 Å². The Hall–Kier alpha value is -1.56. The van der Waals surface area contributed by atoms with Gasteiger partial charge in [-0.3, -0.25) is 0 Å². The average molecular weight is 328 g/mol. The summed E-state index contributed by atoms with van der Waals surface area (Å²) in [5.41, 5.74) is 0.239. The predicted molar refractivity (Wildman–Crippen MR) is 83.2 cm³/mol. The van der Waals surface area contributed by atoms with Crippen molar-refractivity contribution in [3.8, 4) is 6.01 Å². The number of ether oxygens (including phenoxy) is 2. The Kier molecular flexibility index (Phi) is 5.11. The van der Waals surface area contributed by atoms with Crippen molar-refractivity contribution >= 4 is 17.7 Å². The number of aromatic nitrogens is 2. The average Bonchev–Trinajstić information content (AvgIpc) is 2.81. The fourth-order valence-electron chi connectivity index (χ4n) is 2.31. The summed E-state index contributed by atoms with van der Waals surface area (Å²) in [7, 11) is 0. The number of amides is 1. The van der Waals surface area contributed by atoms with Gasteiger partial charge in [-0.15, -0.1) is 0 Å². The maximum Gasteiger partial charge on any atom is 0.410 e. The monoisotopic (exact) mass is 327 g/mol. The molecule has 1 atom stereocenters. The number of carbonyl (C=O) groups excluding carboxylic acids is 1. The molecule has 2 heterocycles. The third kappa shape index (κ3) is 4.73. The van der Waals surface area contributed by atoms with E-state index >= 15 is 0 Å². The van der Waals surface area contributed by atoms with Crippen LogP contribution >= 0.6 is 11.6 Å². The molecule has 0 bridgehead atoms. The fraction of sp³-hybridized carbons (Fsp3) is 0.667. The van der Waals surface area contributed by atoms with Crippen molar-refractivity contribution in [2.24, 2.45) is 0 Å². The number of hydrogen-bond acceptors (Lipinski definition) is 5. The SMILES string of the molecule is Cc1cc(Cl)nc(OC[C@@H]2CCCN2C(=O)OC(C)(C)C)n1. The highest BCUT2D eigenvalue weighted by Crippen LogP contribution is 2.21. The van der Waals surface area contributed by atoms with Crippen LogP contribution in [0.3, 0.4) is 0 Å². The van der Waals surface area contributed by atoms with E-state index in [1.807, 2.05) is 27.7 Å². The Morgan fingerprint density at radius 1 is 1.45 bits per heavy atom. The summed E-state index contributed by atoms with van der Waals surface area (Å²) in [6.45, 7) is 8.40. The lowest BCUT2D eigenvalue weighted by Gasteiger charge is -2.28. The summed E-state index contributed by atoms with van der Waals surface area (Å²) < 4.78 is 11.0. The second-order valence-corrected chi connectivity index (χ2v) is 6.78. The Morgan fingerprint density at radius 3 is 2.82 bits per heavy atom. The van der Waals surface area contributed by atoms with E-state index < -0.39 is 5.60 Å². The standard InChI is InChI=1S/C15H22ClN3O3/c1-10-8-12(16)18-13(17-10)21-9-11-6-5-7-19(11)14(20)22-15(2,3)4/h8,11H,5-7,9H2,1-4H3/t11-/m0/s1. The van der Waals surface area contributed by atoms with Crippen LogP contribution in [0.25, 0.3) is 0 Å². The Morgan fingerprint density at radius 2 is 2.18 bits per heavy atom. The number of hydrogen-bond donors (Lipinski definition) is 0. The van der Waals surface area contributed by atoms with E-state index in [2.05, 4.69) is 9.97 Å². The molecular weight excluding hydrogens is 306 g/mol. The minimum atomic E-state index is -0.502. The molecule has 1 aliphatic rings. The summed E-state index contributed by atoms with van der Waals surface area (Å²) in [4.78, 5) is 22.1. The number of nitrogens with zero attached hydrogens (tertiary/aromatic N) is 3. The van der Waals surface area contributed by atoms with Gasteiger partial charge in [-0.2, -0.15) is 4.98 Å². The zero-order valence-corrected chi connectivity index (χ0v) is 14.2. The molecule has 6 nitrogen and oxygen atoms in total. The molecule has 1 saturated heterocycles. The fourth-order valence-corrected chi connectivity index (χ4v) is 2.54. The molecule has 122 valence electrons. The van der Waals surface area contributed by atoms with Gasteiger partial charge in [0.25, 0.3) is 0 Å². The second kappa shape index (κ2) is 6.69. The molecule has 0 aromatic carbocycles. The number of aryl methyl sites for hydroxylation is 1. The van der Waals surface area contributed by atoms with Crippen LogP contribution in [0.2, 0.25) is 5.15 Å². The Bertz CT molecular complexity index is 525. The molecule has 1 amide bonds. The highest BCUT2D eigenvalue weighted by atomic mass is 35.5. The maximum absolute atomic E-state index is 12.2. The zero-order chi connectivity index (χ0) is 16.3. The molecule has 2 rings (SSSR count). The lowest BCUT2D eigenvalue weighted by atomic mass is 10.2. The van der Waals surface area contributed by atoms with Gasteiger partial charge in [0.05, 0.1) is 6.04 Å². The van der Waals surface area contributed by atoms with Crippen molar-refractivity contribution in [2.75, 3.05) is 13.2 Å². The van der Waals surface area contributed by atoms with E-state index in [-0.39, 0.29) is 18.1 Å². The van der Waals surface area contributed by atoms with Crippen LogP contribution < -0.4 is 4.74 Å². The molecule has 0 radical (unpaired) electrons. The van der Waals surface area contributed by atoms with E-state index in [9.17, 15) is 4.79 Å². The van der Waals surface area contributed by atoms with E-state index in [0.29, 0.717) is 18.3 Å². The van der Waals surface area contributed by atoms with Crippen LogP contribution in [0.1, 0.15) is 39.3 Å². The van der Waals surface area contributed by atoms with Crippen LogP contribution in [0, 0.1) is 6.92 Å². The molecule has 7 heteroatoms. The van der Waals surface area contributed by atoms with Crippen LogP contribution in [0.5, 0.6) is 6.01 Å². The minimum Gasteiger partial charge on any atom is -0.461 e. The number of carbonyl (C=O) groups is 1. The summed E-state index contributed by atoms with van der Waals surface area (Å²) in [6, 6.07) is 1.87. The van der Waals surface area contributed by atoms with Gasteiger partial charge in [0, 0.05) is 12.2 Å². The van der Waals surface area contributed by atoms with Gasteiger partial charge in [-0.05, 0) is 46.6 Å². The van der Waals surface area contributed by atoms with Crippen molar-refractivity contribution in [1.29, 1.82) is 0 Å². The highest BCUT2D eigenvalue weighted by molar-refractivity contribution is 6.29. The molecule has 1 fully saturated rings. The molecule has 22 heavy (non-hydrogen) atoms. The normalized spacial score (nSPS) is 18.4. The molecule has 1 aromatic heterocycles. The molecule has 0 unspecified atom stereocenters. The summed E-state index contributed by atoms with van der Waals surface area (Å²) in [6.07, 6.45) is 1.50. The molecule has 0 N–H and O–H groups in total. The second-order valence-electron chi connectivity index (χ2n) is 6.40.